The Bertz CT molecular complexity index is 1580. The third-order valence-corrected chi connectivity index (χ3v) is 6.07. The predicted molar refractivity (Wildman–Crippen MR) is 129 cm³/mol. The second-order valence-corrected chi connectivity index (χ2v) is 8.57. The van der Waals surface area contributed by atoms with E-state index in [-0.39, 0.29) is 23.3 Å². The van der Waals surface area contributed by atoms with Gasteiger partial charge >= 0.3 is 0 Å². The maximum atomic E-state index is 14.3. The van der Waals surface area contributed by atoms with Crippen molar-refractivity contribution in [2.45, 2.75) is 19.0 Å². The molecule has 3 heterocycles. The first-order valence-electron chi connectivity index (χ1n) is 11.3. The van der Waals surface area contributed by atoms with Crippen molar-refractivity contribution in [2.75, 3.05) is 18.5 Å². The Morgan fingerprint density at radius 3 is 2.76 bits per heavy atom. The van der Waals surface area contributed by atoms with Crippen LogP contribution in [-0.2, 0) is 4.79 Å². The zero-order chi connectivity index (χ0) is 26.3. The standard InChI is InChI=1S/C25H21F2N5O5/c1-12-11-37-23-20(27)16(26)7-14-21(23)32(12)9-15(22(14)34)24(35)28-18(10-33)25(36)29-19-8-17(30-31-19)13-5-3-2-4-6-13/h2-9,12,18,33H,10-11H2,1H3,(H,28,35)(H2,29,30,31,36)/t12?,18-/m0/s1. The Balaban J connectivity index is 1.40. The van der Waals surface area contributed by atoms with Crippen molar-refractivity contribution in [1.29, 1.82) is 0 Å². The van der Waals surface area contributed by atoms with Crippen molar-refractivity contribution in [1.82, 2.24) is 20.1 Å². The fourth-order valence-electron chi connectivity index (χ4n) is 4.15. The molecular formula is C25H21F2N5O5. The highest BCUT2D eigenvalue weighted by atomic mass is 19.2. The molecule has 4 aromatic rings. The summed E-state index contributed by atoms with van der Waals surface area (Å²) >= 11 is 0. The molecule has 1 unspecified atom stereocenters. The normalized spacial score (nSPS) is 15.2. The van der Waals surface area contributed by atoms with Gasteiger partial charge < -0.3 is 25.0 Å². The van der Waals surface area contributed by atoms with Crippen LogP contribution >= 0.6 is 0 Å². The van der Waals surface area contributed by atoms with E-state index in [9.17, 15) is 28.3 Å². The second-order valence-electron chi connectivity index (χ2n) is 8.57. The van der Waals surface area contributed by atoms with Gasteiger partial charge in [-0.3, -0.25) is 19.5 Å². The van der Waals surface area contributed by atoms with Gasteiger partial charge in [0.1, 0.15) is 18.2 Å². The molecule has 0 spiro atoms. The van der Waals surface area contributed by atoms with Crippen molar-refractivity contribution in [3.05, 3.63) is 76.1 Å². The maximum Gasteiger partial charge on any atom is 0.257 e. The Labute approximate surface area is 207 Å². The topological polar surface area (TPSA) is 138 Å². The Morgan fingerprint density at radius 1 is 1.27 bits per heavy atom. The first kappa shape index (κ1) is 24.1. The van der Waals surface area contributed by atoms with Crippen LogP contribution < -0.4 is 20.8 Å². The van der Waals surface area contributed by atoms with E-state index in [1.807, 2.05) is 30.3 Å². The Hall–Kier alpha value is -4.58. The zero-order valence-corrected chi connectivity index (χ0v) is 19.4. The molecule has 190 valence electrons. The van der Waals surface area contributed by atoms with E-state index in [2.05, 4.69) is 20.8 Å². The van der Waals surface area contributed by atoms with Crippen LogP contribution in [0.1, 0.15) is 23.3 Å². The quantitative estimate of drug-likeness (QED) is 0.315. The third-order valence-electron chi connectivity index (χ3n) is 6.07. The summed E-state index contributed by atoms with van der Waals surface area (Å²) in [5, 5.41) is 21.1. The van der Waals surface area contributed by atoms with Crippen molar-refractivity contribution >= 4 is 28.5 Å². The number of hydrogen-bond donors (Lipinski definition) is 4. The molecule has 0 radical (unpaired) electrons. The molecule has 4 N–H and O–H groups in total. The lowest BCUT2D eigenvalue weighted by Crippen LogP contribution is -2.47. The van der Waals surface area contributed by atoms with E-state index >= 15 is 0 Å². The molecule has 10 nitrogen and oxygen atoms in total. The largest absolute Gasteiger partial charge is 0.486 e. The molecule has 1 aliphatic heterocycles. The van der Waals surface area contributed by atoms with Crippen LogP contribution in [0.15, 0.2) is 53.5 Å². The highest BCUT2D eigenvalue weighted by molar-refractivity contribution is 6.02. The van der Waals surface area contributed by atoms with Crippen LogP contribution in [0, 0.1) is 11.6 Å². The predicted octanol–water partition coefficient (Wildman–Crippen LogP) is 2.35. The summed E-state index contributed by atoms with van der Waals surface area (Å²) in [5.74, 6) is -4.51. The van der Waals surface area contributed by atoms with Gasteiger partial charge in [0.05, 0.1) is 29.2 Å². The first-order valence-corrected chi connectivity index (χ1v) is 11.3. The molecule has 0 saturated heterocycles. The summed E-state index contributed by atoms with van der Waals surface area (Å²) in [6.45, 7) is 0.930. The molecule has 0 saturated carbocycles. The minimum Gasteiger partial charge on any atom is -0.486 e. The minimum atomic E-state index is -1.43. The van der Waals surface area contributed by atoms with Crippen LogP contribution in [0.4, 0.5) is 14.6 Å². The van der Waals surface area contributed by atoms with Gasteiger partial charge in [-0.25, -0.2) is 4.39 Å². The molecule has 2 amide bonds. The van der Waals surface area contributed by atoms with Gasteiger partial charge in [-0.1, -0.05) is 30.3 Å². The summed E-state index contributed by atoms with van der Waals surface area (Å²) in [4.78, 5) is 38.8. The number of halogens is 2. The fourth-order valence-corrected chi connectivity index (χ4v) is 4.15. The van der Waals surface area contributed by atoms with Gasteiger partial charge in [0.25, 0.3) is 11.8 Å². The van der Waals surface area contributed by atoms with Gasteiger partial charge in [0, 0.05) is 12.3 Å². The molecule has 0 bridgehead atoms. The van der Waals surface area contributed by atoms with E-state index in [4.69, 9.17) is 4.74 Å². The number of aliphatic hydroxyl groups is 1. The molecule has 0 fully saturated rings. The van der Waals surface area contributed by atoms with Crippen LogP contribution in [0.5, 0.6) is 5.75 Å². The average Bonchev–Trinajstić information content (AvgIpc) is 3.36. The van der Waals surface area contributed by atoms with Crippen molar-refractivity contribution in [3.8, 4) is 17.0 Å². The number of H-pyrrole nitrogens is 1. The number of benzene rings is 2. The van der Waals surface area contributed by atoms with E-state index < -0.39 is 58.9 Å². The number of nitrogens with one attached hydrogen (secondary N) is 3. The highest BCUT2D eigenvalue weighted by Gasteiger charge is 2.29. The van der Waals surface area contributed by atoms with Gasteiger partial charge in [0.15, 0.2) is 17.4 Å². The zero-order valence-electron chi connectivity index (χ0n) is 19.4. The highest BCUT2D eigenvalue weighted by Crippen LogP contribution is 2.35. The van der Waals surface area contributed by atoms with Gasteiger partial charge in [0.2, 0.25) is 11.2 Å². The summed E-state index contributed by atoms with van der Waals surface area (Å²) < 4.78 is 35.2. The number of hydrogen-bond acceptors (Lipinski definition) is 6. The van der Waals surface area contributed by atoms with E-state index in [0.29, 0.717) is 11.8 Å². The fraction of sp³-hybridized carbons (Fsp3) is 0.200. The number of carbonyl (C=O) groups is 2. The number of aromatic amines is 1. The van der Waals surface area contributed by atoms with Gasteiger partial charge in [-0.05, 0) is 18.6 Å². The smallest absolute Gasteiger partial charge is 0.257 e. The molecule has 2 aromatic carbocycles. The Kier molecular flexibility index (Phi) is 6.17. The van der Waals surface area contributed by atoms with E-state index in [0.717, 1.165) is 5.56 Å². The van der Waals surface area contributed by atoms with Crippen LogP contribution in [0.25, 0.3) is 22.2 Å². The summed E-state index contributed by atoms with van der Waals surface area (Å²) in [6, 6.07) is 9.70. The number of aromatic nitrogens is 3. The molecule has 0 aliphatic carbocycles. The molecule has 2 aromatic heterocycles. The number of nitrogens with zero attached hydrogens (tertiary/aromatic N) is 2. The lowest BCUT2D eigenvalue weighted by Gasteiger charge is -2.27. The number of carbonyl (C=O) groups excluding carboxylic acids is 2. The number of aliphatic hydroxyl groups excluding tert-OH is 1. The van der Waals surface area contributed by atoms with E-state index in [1.165, 1.54) is 10.8 Å². The molecule has 37 heavy (non-hydrogen) atoms. The van der Waals surface area contributed by atoms with Crippen LogP contribution in [0.3, 0.4) is 0 Å². The number of amides is 2. The van der Waals surface area contributed by atoms with E-state index in [1.54, 1.807) is 13.0 Å². The third kappa shape index (κ3) is 4.31. The monoisotopic (exact) mass is 509 g/mol. The minimum absolute atomic E-state index is 0.0112. The lowest BCUT2D eigenvalue weighted by atomic mass is 10.1. The molecule has 12 heteroatoms. The second kappa shape index (κ2) is 9.47. The van der Waals surface area contributed by atoms with Gasteiger partial charge in [-0.15, -0.1) is 0 Å². The number of rotatable bonds is 6. The summed E-state index contributed by atoms with van der Waals surface area (Å²) in [5.41, 5.74) is 0.222. The molecule has 5 rings (SSSR count). The number of anilines is 1. The van der Waals surface area contributed by atoms with Crippen molar-refractivity contribution in [3.63, 3.8) is 0 Å². The van der Waals surface area contributed by atoms with Crippen molar-refractivity contribution in [2.24, 2.45) is 0 Å². The lowest BCUT2D eigenvalue weighted by molar-refractivity contribution is -0.118. The first-order chi connectivity index (χ1) is 17.8. The maximum absolute atomic E-state index is 14.3. The molecular weight excluding hydrogens is 488 g/mol. The van der Waals surface area contributed by atoms with Crippen LogP contribution in [-0.4, -0.2) is 50.9 Å². The number of pyridine rings is 1. The van der Waals surface area contributed by atoms with Crippen LogP contribution in [0.2, 0.25) is 0 Å². The summed E-state index contributed by atoms with van der Waals surface area (Å²) in [6.07, 6.45) is 1.21. The molecule has 2 atom stereocenters. The molecule has 1 aliphatic rings. The van der Waals surface area contributed by atoms with Crippen molar-refractivity contribution < 1.29 is 28.2 Å². The average molecular weight is 509 g/mol. The SMILES string of the molecule is CC1COc2c(F)c(F)cc3c(=O)c(C(=O)N[C@@H](CO)C(=O)Nc4cc(-c5ccccc5)[nH]n4)cn1c23. The Morgan fingerprint density at radius 2 is 2.03 bits per heavy atom. The number of ether oxygens (including phenoxy) is 1. The van der Waals surface area contributed by atoms with Gasteiger partial charge in [-0.2, -0.15) is 9.49 Å². The summed E-state index contributed by atoms with van der Waals surface area (Å²) in [7, 11) is 0.